The first kappa shape index (κ1) is 18.1. The van der Waals surface area contributed by atoms with Crippen molar-refractivity contribution in [2.24, 2.45) is 0 Å². The molecule has 24 heavy (non-hydrogen) atoms. The lowest BCUT2D eigenvalue weighted by molar-refractivity contribution is -0.136. The van der Waals surface area contributed by atoms with Crippen LogP contribution in [0.5, 0.6) is 0 Å². The number of rotatable bonds is 7. The monoisotopic (exact) mass is 344 g/mol. The van der Waals surface area contributed by atoms with E-state index in [1.165, 1.54) is 0 Å². The molecule has 2 aromatic rings. The van der Waals surface area contributed by atoms with Crippen molar-refractivity contribution in [2.75, 3.05) is 6.61 Å². The first-order chi connectivity index (χ1) is 11.5. The number of aliphatic carboxylic acids is 1. The maximum absolute atomic E-state index is 11.6. The van der Waals surface area contributed by atoms with E-state index in [4.69, 9.17) is 9.84 Å². The summed E-state index contributed by atoms with van der Waals surface area (Å²) in [6.07, 6.45) is 0.834. The fraction of sp³-hybridized carbons (Fsp3) is 0.263. The molecular formula is C19H20O4S. The minimum Gasteiger partial charge on any atom is -0.481 e. The molecule has 2 rings (SSSR count). The topological polar surface area (TPSA) is 63.6 Å². The van der Waals surface area contributed by atoms with Crippen LogP contribution in [0, 0.1) is 0 Å². The van der Waals surface area contributed by atoms with E-state index in [1.54, 1.807) is 30.8 Å². The smallest absolute Gasteiger partial charge is 0.338 e. The highest BCUT2D eigenvalue weighted by Crippen LogP contribution is 2.30. The molecule has 0 aliphatic carbocycles. The largest absolute Gasteiger partial charge is 0.481 e. The zero-order valence-corrected chi connectivity index (χ0v) is 14.6. The van der Waals surface area contributed by atoms with Crippen molar-refractivity contribution in [1.29, 1.82) is 0 Å². The molecule has 0 saturated carbocycles. The molecule has 0 saturated heterocycles. The number of carbonyl (C=O) groups excluding carboxylic acids is 1. The third kappa shape index (κ3) is 4.86. The van der Waals surface area contributed by atoms with Gasteiger partial charge in [-0.15, -0.1) is 0 Å². The molecule has 4 nitrogen and oxygen atoms in total. The molecule has 0 fully saturated rings. The van der Waals surface area contributed by atoms with Crippen LogP contribution in [0.3, 0.4) is 0 Å². The minimum atomic E-state index is -0.820. The number of hydrogen-bond donors (Lipinski definition) is 1. The Morgan fingerprint density at radius 3 is 2.25 bits per heavy atom. The molecule has 0 unspecified atom stereocenters. The van der Waals surface area contributed by atoms with Gasteiger partial charge in [0.2, 0.25) is 0 Å². The van der Waals surface area contributed by atoms with Crippen LogP contribution >= 0.6 is 11.8 Å². The van der Waals surface area contributed by atoms with Gasteiger partial charge in [0.05, 0.1) is 18.6 Å². The number of carboxylic acids is 1. The summed E-state index contributed by atoms with van der Waals surface area (Å²) in [4.78, 5) is 24.6. The predicted octanol–water partition coefficient (Wildman–Crippen LogP) is 4.20. The molecule has 0 aromatic heterocycles. The van der Waals surface area contributed by atoms with E-state index in [0.29, 0.717) is 12.2 Å². The van der Waals surface area contributed by atoms with Gasteiger partial charge in [-0.2, -0.15) is 0 Å². The van der Waals surface area contributed by atoms with E-state index in [9.17, 15) is 9.59 Å². The SMILES string of the molecule is CCOC(=O)c1ccc(Sc2ccc(CC(=O)O)c(CC)c2)cc1. The second-order valence-corrected chi connectivity index (χ2v) is 6.35. The fourth-order valence-corrected chi connectivity index (χ4v) is 3.22. The van der Waals surface area contributed by atoms with Gasteiger partial charge in [-0.05, 0) is 60.9 Å². The molecule has 126 valence electrons. The number of esters is 1. The number of aryl methyl sites for hydroxylation is 1. The normalized spacial score (nSPS) is 10.4. The van der Waals surface area contributed by atoms with Crippen molar-refractivity contribution in [2.45, 2.75) is 36.5 Å². The Labute approximate surface area is 145 Å². The van der Waals surface area contributed by atoms with Gasteiger partial charge in [0.25, 0.3) is 0 Å². The predicted molar refractivity (Wildman–Crippen MR) is 93.7 cm³/mol. The summed E-state index contributed by atoms with van der Waals surface area (Å²) in [5, 5.41) is 8.96. The molecule has 0 heterocycles. The summed E-state index contributed by atoms with van der Waals surface area (Å²) >= 11 is 1.58. The third-order valence-electron chi connectivity index (χ3n) is 3.50. The molecule has 5 heteroatoms. The van der Waals surface area contributed by atoms with Gasteiger partial charge in [-0.1, -0.05) is 24.8 Å². The lowest BCUT2D eigenvalue weighted by Gasteiger charge is -2.09. The Bertz CT molecular complexity index is 723. The molecule has 0 atom stereocenters. The highest BCUT2D eigenvalue weighted by molar-refractivity contribution is 7.99. The summed E-state index contributed by atoms with van der Waals surface area (Å²) < 4.78 is 4.97. The standard InChI is InChI=1S/C19H20O4S/c1-3-13-11-17(10-7-15(13)12-18(20)21)24-16-8-5-14(6-9-16)19(22)23-4-2/h5-11H,3-4,12H2,1-2H3,(H,20,21). The fourth-order valence-electron chi connectivity index (χ4n) is 2.34. The Kier molecular flexibility index (Phi) is 6.44. The number of carboxylic acid groups (broad SMARTS) is 1. The molecule has 1 N–H and O–H groups in total. The first-order valence-electron chi connectivity index (χ1n) is 7.82. The molecule has 2 aromatic carbocycles. The van der Waals surface area contributed by atoms with E-state index >= 15 is 0 Å². The Morgan fingerprint density at radius 2 is 1.67 bits per heavy atom. The number of hydrogen-bond acceptors (Lipinski definition) is 4. The van der Waals surface area contributed by atoms with Gasteiger partial charge in [0.15, 0.2) is 0 Å². The van der Waals surface area contributed by atoms with Crippen molar-refractivity contribution >= 4 is 23.7 Å². The van der Waals surface area contributed by atoms with E-state index in [-0.39, 0.29) is 12.4 Å². The minimum absolute atomic E-state index is 0.0440. The van der Waals surface area contributed by atoms with Gasteiger partial charge in [0.1, 0.15) is 0 Å². The first-order valence-corrected chi connectivity index (χ1v) is 8.63. The second kappa shape index (κ2) is 8.55. The van der Waals surface area contributed by atoms with Crippen LogP contribution in [-0.4, -0.2) is 23.7 Å². The third-order valence-corrected chi connectivity index (χ3v) is 4.50. The molecule has 0 amide bonds. The van der Waals surface area contributed by atoms with E-state index in [1.807, 2.05) is 37.3 Å². The van der Waals surface area contributed by atoms with Crippen LogP contribution in [0.25, 0.3) is 0 Å². The maximum atomic E-state index is 11.6. The molecule has 0 bridgehead atoms. The van der Waals surface area contributed by atoms with Crippen molar-refractivity contribution in [3.63, 3.8) is 0 Å². The van der Waals surface area contributed by atoms with Crippen molar-refractivity contribution in [3.05, 3.63) is 59.2 Å². The highest BCUT2D eigenvalue weighted by atomic mass is 32.2. The Hall–Kier alpha value is -2.27. The summed E-state index contributed by atoms with van der Waals surface area (Å²) in [6.45, 7) is 4.16. The van der Waals surface area contributed by atoms with Gasteiger partial charge in [-0.3, -0.25) is 4.79 Å². The number of benzene rings is 2. The van der Waals surface area contributed by atoms with Crippen LogP contribution in [0.15, 0.2) is 52.3 Å². The highest BCUT2D eigenvalue weighted by Gasteiger charge is 2.09. The molecule has 0 aliphatic rings. The van der Waals surface area contributed by atoms with Crippen LogP contribution in [0.2, 0.25) is 0 Å². The van der Waals surface area contributed by atoms with Crippen LogP contribution in [-0.2, 0) is 22.4 Å². The number of ether oxygens (including phenoxy) is 1. The molecule has 0 radical (unpaired) electrons. The number of carbonyl (C=O) groups is 2. The van der Waals surface area contributed by atoms with Crippen LogP contribution in [0.1, 0.15) is 35.3 Å². The molecule has 0 spiro atoms. The summed E-state index contributed by atoms with van der Waals surface area (Å²) in [5.41, 5.74) is 2.44. The lowest BCUT2D eigenvalue weighted by atomic mass is 10.0. The quantitative estimate of drug-likeness (QED) is 0.763. The van der Waals surface area contributed by atoms with E-state index in [0.717, 1.165) is 27.3 Å². The van der Waals surface area contributed by atoms with Gasteiger partial charge in [-0.25, -0.2) is 4.79 Å². The van der Waals surface area contributed by atoms with Crippen LogP contribution < -0.4 is 0 Å². The zero-order valence-electron chi connectivity index (χ0n) is 13.7. The van der Waals surface area contributed by atoms with Crippen LogP contribution in [0.4, 0.5) is 0 Å². The second-order valence-electron chi connectivity index (χ2n) is 5.20. The average molecular weight is 344 g/mol. The lowest BCUT2D eigenvalue weighted by Crippen LogP contribution is -2.04. The van der Waals surface area contributed by atoms with Gasteiger partial charge in [0, 0.05) is 9.79 Å². The molecule has 0 aliphatic heterocycles. The van der Waals surface area contributed by atoms with E-state index in [2.05, 4.69) is 0 Å². The summed E-state index contributed by atoms with van der Waals surface area (Å²) in [7, 11) is 0. The summed E-state index contributed by atoms with van der Waals surface area (Å²) in [6, 6.07) is 13.1. The van der Waals surface area contributed by atoms with Gasteiger partial charge >= 0.3 is 11.9 Å². The van der Waals surface area contributed by atoms with E-state index < -0.39 is 5.97 Å². The maximum Gasteiger partial charge on any atom is 0.338 e. The van der Waals surface area contributed by atoms with Crippen molar-refractivity contribution < 1.29 is 19.4 Å². The molecular weight excluding hydrogens is 324 g/mol. The zero-order chi connectivity index (χ0) is 17.5. The van der Waals surface area contributed by atoms with Crippen molar-refractivity contribution in [1.82, 2.24) is 0 Å². The average Bonchev–Trinajstić information content (AvgIpc) is 2.56. The Balaban J connectivity index is 2.13. The van der Waals surface area contributed by atoms with Gasteiger partial charge < -0.3 is 9.84 Å². The van der Waals surface area contributed by atoms with Crippen molar-refractivity contribution in [3.8, 4) is 0 Å². The Morgan fingerprint density at radius 1 is 1.00 bits per heavy atom. The summed E-state index contributed by atoms with van der Waals surface area (Å²) in [5.74, 6) is -1.14.